The SMILES string of the molecule is COC(=O)c1nc(NNC(=O)C(F)(F)F)sc1-c1ccccc1. The number of alkyl halides is 3. The van der Waals surface area contributed by atoms with Crippen molar-refractivity contribution in [3.63, 3.8) is 0 Å². The molecule has 2 rings (SSSR count). The lowest BCUT2D eigenvalue weighted by atomic mass is 10.1. The number of carbonyl (C=O) groups excluding carboxylic acids is 2. The second kappa shape index (κ2) is 6.65. The zero-order chi connectivity index (χ0) is 17.0. The average Bonchev–Trinajstić information content (AvgIpc) is 2.96. The molecule has 0 saturated heterocycles. The first-order valence-corrected chi connectivity index (χ1v) is 6.92. The number of benzene rings is 1. The number of nitrogens with zero attached hydrogens (tertiary/aromatic N) is 1. The van der Waals surface area contributed by atoms with Gasteiger partial charge in [-0.2, -0.15) is 13.2 Å². The van der Waals surface area contributed by atoms with Gasteiger partial charge in [-0.05, 0) is 5.56 Å². The number of carbonyl (C=O) groups is 2. The van der Waals surface area contributed by atoms with E-state index in [0.717, 1.165) is 18.4 Å². The number of halogens is 3. The summed E-state index contributed by atoms with van der Waals surface area (Å²) >= 11 is 0.904. The molecular weight excluding hydrogens is 335 g/mol. The number of esters is 1. The molecule has 1 amide bonds. The van der Waals surface area contributed by atoms with Crippen molar-refractivity contribution in [2.45, 2.75) is 6.18 Å². The van der Waals surface area contributed by atoms with Gasteiger partial charge in [-0.1, -0.05) is 41.7 Å². The topological polar surface area (TPSA) is 80.3 Å². The normalized spacial score (nSPS) is 11.0. The Morgan fingerprint density at radius 1 is 1.22 bits per heavy atom. The van der Waals surface area contributed by atoms with Crippen LogP contribution in [0.2, 0.25) is 0 Å². The first-order chi connectivity index (χ1) is 10.8. The predicted octanol–water partition coefficient (Wildman–Crippen LogP) is 2.60. The molecule has 0 aliphatic carbocycles. The van der Waals surface area contributed by atoms with E-state index in [1.54, 1.807) is 30.3 Å². The molecule has 0 bridgehead atoms. The second-order valence-electron chi connectivity index (χ2n) is 4.13. The fraction of sp³-hybridized carbons (Fsp3) is 0.154. The van der Waals surface area contributed by atoms with Crippen molar-refractivity contribution in [3.05, 3.63) is 36.0 Å². The van der Waals surface area contributed by atoms with Gasteiger partial charge in [-0.3, -0.25) is 15.6 Å². The highest BCUT2D eigenvalue weighted by atomic mass is 32.1. The van der Waals surface area contributed by atoms with Gasteiger partial charge in [-0.15, -0.1) is 0 Å². The van der Waals surface area contributed by atoms with Crippen LogP contribution in [0.1, 0.15) is 10.5 Å². The maximum atomic E-state index is 12.1. The van der Waals surface area contributed by atoms with Crippen molar-refractivity contribution in [2.24, 2.45) is 0 Å². The second-order valence-corrected chi connectivity index (χ2v) is 5.13. The monoisotopic (exact) mass is 345 g/mol. The van der Waals surface area contributed by atoms with Crippen molar-refractivity contribution in [1.29, 1.82) is 0 Å². The minimum Gasteiger partial charge on any atom is -0.464 e. The van der Waals surface area contributed by atoms with Gasteiger partial charge in [0.2, 0.25) is 5.13 Å². The van der Waals surface area contributed by atoms with E-state index in [0.29, 0.717) is 10.4 Å². The molecule has 0 atom stereocenters. The molecular formula is C13H10F3N3O3S. The van der Waals surface area contributed by atoms with Gasteiger partial charge >= 0.3 is 18.1 Å². The number of aromatic nitrogens is 1. The minimum atomic E-state index is -5.03. The minimum absolute atomic E-state index is 0.0625. The van der Waals surface area contributed by atoms with Gasteiger partial charge in [0.15, 0.2) is 5.69 Å². The van der Waals surface area contributed by atoms with Gasteiger partial charge < -0.3 is 4.74 Å². The van der Waals surface area contributed by atoms with E-state index < -0.39 is 18.1 Å². The van der Waals surface area contributed by atoms with Gasteiger partial charge in [0.05, 0.1) is 12.0 Å². The van der Waals surface area contributed by atoms with Crippen LogP contribution in [0.15, 0.2) is 30.3 Å². The van der Waals surface area contributed by atoms with E-state index in [-0.39, 0.29) is 10.8 Å². The lowest BCUT2D eigenvalue weighted by molar-refractivity contribution is -0.173. The summed E-state index contributed by atoms with van der Waals surface area (Å²) in [6.07, 6.45) is -5.03. The summed E-state index contributed by atoms with van der Waals surface area (Å²) in [6, 6.07) is 8.64. The van der Waals surface area contributed by atoms with Gasteiger partial charge in [-0.25, -0.2) is 9.78 Å². The Morgan fingerprint density at radius 3 is 2.43 bits per heavy atom. The molecule has 0 aliphatic heterocycles. The van der Waals surface area contributed by atoms with Crippen LogP contribution >= 0.6 is 11.3 Å². The number of methoxy groups -OCH3 is 1. The Bertz CT molecular complexity index is 716. The van der Waals surface area contributed by atoms with Crippen molar-refractivity contribution in [2.75, 3.05) is 12.5 Å². The molecule has 122 valence electrons. The quantitative estimate of drug-likeness (QED) is 0.658. The number of rotatable bonds is 4. The van der Waals surface area contributed by atoms with E-state index in [4.69, 9.17) is 0 Å². The summed E-state index contributed by atoms with van der Waals surface area (Å²) in [5, 5.41) is -0.0816. The number of hydrogen-bond acceptors (Lipinski definition) is 6. The van der Waals surface area contributed by atoms with Gasteiger partial charge in [0.1, 0.15) is 0 Å². The molecule has 1 aromatic heterocycles. The summed E-state index contributed by atoms with van der Waals surface area (Å²) in [5.41, 5.74) is 4.09. The highest BCUT2D eigenvalue weighted by molar-refractivity contribution is 7.19. The fourth-order valence-corrected chi connectivity index (χ4v) is 2.49. The number of hydrazine groups is 1. The Morgan fingerprint density at radius 2 is 1.87 bits per heavy atom. The standard InChI is InChI=1S/C13H10F3N3O3S/c1-22-10(20)8-9(7-5-3-2-4-6-7)23-12(17-8)19-18-11(21)13(14,15)16/h2-6H,1H3,(H,17,19)(H,18,21). The van der Waals surface area contributed by atoms with Gasteiger partial charge in [0.25, 0.3) is 0 Å². The van der Waals surface area contributed by atoms with Crippen LogP contribution in [0, 0.1) is 0 Å². The number of thiazole rings is 1. The number of nitrogens with one attached hydrogen (secondary N) is 2. The highest BCUT2D eigenvalue weighted by Crippen LogP contribution is 2.33. The molecule has 10 heteroatoms. The van der Waals surface area contributed by atoms with E-state index >= 15 is 0 Å². The number of hydrogen-bond donors (Lipinski definition) is 2. The van der Waals surface area contributed by atoms with Crippen LogP contribution in [0.4, 0.5) is 18.3 Å². The summed E-state index contributed by atoms with van der Waals surface area (Å²) in [6.45, 7) is 0. The van der Waals surface area contributed by atoms with E-state index in [9.17, 15) is 22.8 Å². The number of anilines is 1. The molecule has 1 aromatic carbocycles. The third-order valence-corrected chi connectivity index (χ3v) is 3.60. The first kappa shape index (κ1) is 16.7. The molecule has 0 spiro atoms. The molecule has 0 fully saturated rings. The zero-order valence-corrected chi connectivity index (χ0v) is 12.4. The summed E-state index contributed by atoms with van der Waals surface area (Å²) in [4.78, 5) is 26.8. The Kier molecular flexibility index (Phi) is 4.84. The first-order valence-electron chi connectivity index (χ1n) is 6.10. The molecule has 2 N–H and O–H groups in total. The summed E-state index contributed by atoms with van der Waals surface area (Å²) < 4.78 is 41.0. The van der Waals surface area contributed by atoms with Crippen molar-refractivity contribution in [3.8, 4) is 10.4 Å². The Balaban J connectivity index is 2.28. The number of amides is 1. The van der Waals surface area contributed by atoms with Crippen LogP contribution in [0.5, 0.6) is 0 Å². The maximum absolute atomic E-state index is 12.1. The van der Waals surface area contributed by atoms with Crippen LogP contribution in [0.3, 0.4) is 0 Å². The largest absolute Gasteiger partial charge is 0.472 e. The van der Waals surface area contributed by atoms with Crippen LogP contribution in [-0.2, 0) is 9.53 Å². The summed E-state index contributed by atoms with van der Waals surface area (Å²) in [7, 11) is 1.16. The van der Waals surface area contributed by atoms with Crippen LogP contribution < -0.4 is 10.9 Å². The van der Waals surface area contributed by atoms with Crippen LogP contribution in [0.25, 0.3) is 10.4 Å². The van der Waals surface area contributed by atoms with Crippen molar-refractivity contribution >= 4 is 28.3 Å². The molecule has 6 nitrogen and oxygen atoms in total. The van der Waals surface area contributed by atoms with Gasteiger partial charge in [0, 0.05) is 0 Å². The van der Waals surface area contributed by atoms with Crippen LogP contribution in [-0.4, -0.2) is 30.1 Å². The molecule has 0 radical (unpaired) electrons. The van der Waals surface area contributed by atoms with Crippen molar-refractivity contribution in [1.82, 2.24) is 10.4 Å². The Labute approximate surface area is 132 Å². The molecule has 1 heterocycles. The van der Waals surface area contributed by atoms with E-state index in [1.165, 1.54) is 5.43 Å². The zero-order valence-electron chi connectivity index (χ0n) is 11.6. The maximum Gasteiger partial charge on any atom is 0.472 e. The molecule has 0 saturated carbocycles. The molecule has 0 unspecified atom stereocenters. The lowest BCUT2D eigenvalue weighted by Gasteiger charge is -2.07. The van der Waals surface area contributed by atoms with E-state index in [2.05, 4.69) is 9.72 Å². The Hall–Kier alpha value is -2.62. The third kappa shape index (κ3) is 3.97. The number of ether oxygens (including phenoxy) is 1. The lowest BCUT2D eigenvalue weighted by Crippen LogP contribution is -2.40. The smallest absolute Gasteiger partial charge is 0.464 e. The molecule has 0 aliphatic rings. The molecule has 23 heavy (non-hydrogen) atoms. The molecule has 2 aromatic rings. The average molecular weight is 345 g/mol. The third-order valence-electron chi connectivity index (χ3n) is 2.58. The highest BCUT2D eigenvalue weighted by Gasteiger charge is 2.38. The van der Waals surface area contributed by atoms with Crippen molar-refractivity contribution < 1.29 is 27.5 Å². The predicted molar refractivity (Wildman–Crippen MR) is 76.7 cm³/mol. The van der Waals surface area contributed by atoms with E-state index in [1.807, 2.05) is 5.43 Å². The summed E-state index contributed by atoms with van der Waals surface area (Å²) in [5.74, 6) is -2.91. The fourth-order valence-electron chi connectivity index (χ4n) is 1.57.